The Bertz CT molecular complexity index is 1160. The number of hydrogen-bond acceptors (Lipinski definition) is 5. The second-order valence-corrected chi connectivity index (χ2v) is 8.26. The van der Waals surface area contributed by atoms with Crippen molar-refractivity contribution >= 4 is 28.5 Å². The van der Waals surface area contributed by atoms with Gasteiger partial charge in [-0.25, -0.2) is 4.98 Å². The van der Waals surface area contributed by atoms with Crippen molar-refractivity contribution in [3.05, 3.63) is 64.8 Å². The van der Waals surface area contributed by atoms with Gasteiger partial charge in [0.15, 0.2) is 11.5 Å². The molecule has 4 rings (SSSR count). The van der Waals surface area contributed by atoms with E-state index in [0.29, 0.717) is 41.3 Å². The van der Waals surface area contributed by atoms with Crippen LogP contribution in [0.15, 0.2) is 42.5 Å². The van der Waals surface area contributed by atoms with Gasteiger partial charge in [0.05, 0.1) is 30.9 Å². The van der Waals surface area contributed by atoms with Gasteiger partial charge in [0.25, 0.3) is 0 Å². The van der Waals surface area contributed by atoms with Crippen LogP contribution in [0.3, 0.4) is 0 Å². The lowest BCUT2D eigenvalue weighted by atomic mass is 9.86. The van der Waals surface area contributed by atoms with E-state index in [9.17, 15) is 9.90 Å². The maximum atomic E-state index is 12.0. The Kier molecular flexibility index (Phi) is 5.94. The highest BCUT2D eigenvalue weighted by Crippen LogP contribution is 2.37. The van der Waals surface area contributed by atoms with E-state index in [1.54, 1.807) is 13.2 Å². The van der Waals surface area contributed by atoms with Crippen LogP contribution in [0.1, 0.15) is 53.9 Å². The summed E-state index contributed by atoms with van der Waals surface area (Å²) in [5.74, 6) is 0.640. The molecule has 1 aromatic heterocycles. The van der Waals surface area contributed by atoms with Gasteiger partial charge in [-0.15, -0.1) is 0 Å². The quantitative estimate of drug-likeness (QED) is 0.591. The molecule has 0 saturated heterocycles. The van der Waals surface area contributed by atoms with Gasteiger partial charge >= 0.3 is 0 Å². The zero-order valence-electron chi connectivity index (χ0n) is 18.1. The van der Waals surface area contributed by atoms with Gasteiger partial charge in [0, 0.05) is 10.9 Å². The number of fused-ring (bicyclic) bond motifs is 2. The minimum absolute atomic E-state index is 0.266. The smallest absolute Gasteiger partial charge is 0.161 e. The van der Waals surface area contributed by atoms with Crippen molar-refractivity contribution in [3.8, 4) is 11.5 Å². The van der Waals surface area contributed by atoms with E-state index in [-0.39, 0.29) is 5.56 Å². The molecule has 0 amide bonds. The maximum absolute atomic E-state index is 12.0. The Morgan fingerprint density at radius 3 is 2.71 bits per heavy atom. The molecule has 0 aliphatic heterocycles. The van der Waals surface area contributed by atoms with E-state index < -0.39 is 5.97 Å². The molecular weight excluding hydrogens is 390 g/mol. The number of benzene rings is 2. The predicted molar refractivity (Wildman–Crippen MR) is 120 cm³/mol. The molecule has 5 heteroatoms. The molecule has 0 N–H and O–H groups in total. The molecule has 160 valence electrons. The Morgan fingerprint density at radius 2 is 1.97 bits per heavy atom. The number of nitrogens with zero attached hydrogens (tertiary/aromatic N) is 1. The first kappa shape index (κ1) is 20.9. The number of ether oxygens (including phenoxy) is 2. The van der Waals surface area contributed by atoms with Crippen LogP contribution in [0, 0.1) is 5.92 Å². The number of carboxylic acid groups (broad SMARTS) is 1. The average molecular weight is 416 g/mol. The van der Waals surface area contributed by atoms with Gasteiger partial charge in [0.1, 0.15) is 0 Å². The first-order valence-electron chi connectivity index (χ1n) is 10.6. The van der Waals surface area contributed by atoms with Gasteiger partial charge in [-0.3, -0.25) is 0 Å². The highest BCUT2D eigenvalue weighted by molar-refractivity contribution is 6.05. The summed E-state index contributed by atoms with van der Waals surface area (Å²) in [5.41, 5.74) is 4.44. The van der Waals surface area contributed by atoms with Crippen LogP contribution in [0.2, 0.25) is 0 Å². The monoisotopic (exact) mass is 416 g/mol. The fraction of sp³-hybridized carbons (Fsp3) is 0.308. The topological polar surface area (TPSA) is 71.5 Å². The fourth-order valence-electron chi connectivity index (χ4n) is 4.06. The summed E-state index contributed by atoms with van der Waals surface area (Å²) in [4.78, 5) is 16.8. The number of carbonyl (C=O) groups is 1. The maximum Gasteiger partial charge on any atom is 0.161 e. The summed E-state index contributed by atoms with van der Waals surface area (Å²) >= 11 is 0. The largest absolute Gasteiger partial charge is 0.545 e. The number of methoxy groups -OCH3 is 1. The van der Waals surface area contributed by atoms with Gasteiger partial charge in [-0.2, -0.15) is 0 Å². The Balaban J connectivity index is 1.81. The number of aromatic carboxylic acids is 1. The number of aromatic nitrogens is 1. The minimum Gasteiger partial charge on any atom is -0.545 e. The molecule has 0 spiro atoms. The van der Waals surface area contributed by atoms with Crippen molar-refractivity contribution in [2.75, 3.05) is 13.7 Å². The van der Waals surface area contributed by atoms with E-state index in [0.717, 1.165) is 35.2 Å². The zero-order chi connectivity index (χ0) is 22.0. The lowest BCUT2D eigenvalue weighted by Gasteiger charge is -2.23. The number of hydrogen-bond donors (Lipinski definition) is 0. The van der Waals surface area contributed by atoms with Crippen molar-refractivity contribution < 1.29 is 19.4 Å². The Labute approximate surface area is 182 Å². The molecule has 5 nitrogen and oxygen atoms in total. The lowest BCUT2D eigenvalue weighted by molar-refractivity contribution is -0.254. The molecule has 1 aliphatic carbocycles. The highest BCUT2D eigenvalue weighted by atomic mass is 16.5. The number of carboxylic acids is 1. The molecule has 1 aliphatic rings. The fourth-order valence-corrected chi connectivity index (χ4v) is 4.06. The van der Waals surface area contributed by atoms with Crippen molar-refractivity contribution in [1.82, 2.24) is 4.98 Å². The van der Waals surface area contributed by atoms with Gasteiger partial charge in [0.2, 0.25) is 0 Å². The van der Waals surface area contributed by atoms with E-state index in [4.69, 9.17) is 14.5 Å². The van der Waals surface area contributed by atoms with Crippen LogP contribution < -0.4 is 14.6 Å². The van der Waals surface area contributed by atoms with Gasteiger partial charge in [-0.05, 0) is 66.2 Å². The molecule has 3 aromatic rings. The minimum atomic E-state index is -1.15. The molecule has 0 radical (unpaired) electrons. The zero-order valence-corrected chi connectivity index (χ0v) is 18.1. The van der Waals surface area contributed by atoms with Crippen LogP contribution in [0.25, 0.3) is 22.6 Å². The number of para-hydroxylation sites is 1. The number of allylic oxidation sites excluding steroid dienone is 1. The molecule has 0 saturated carbocycles. The predicted octanol–water partition coefficient (Wildman–Crippen LogP) is 4.52. The third kappa shape index (κ3) is 4.26. The number of carbonyl (C=O) groups excluding carboxylic acids is 1. The SMILES string of the molecule is COc1ccc(/C=C2\CCCc3c2nc2ccccc2c3C(=O)[O-])cc1OCC(C)C. The van der Waals surface area contributed by atoms with Crippen LogP contribution in [0.5, 0.6) is 11.5 Å². The van der Waals surface area contributed by atoms with Crippen LogP contribution >= 0.6 is 0 Å². The summed E-state index contributed by atoms with van der Waals surface area (Å²) in [6.07, 6.45) is 4.45. The lowest BCUT2D eigenvalue weighted by Crippen LogP contribution is -2.26. The van der Waals surface area contributed by atoms with Crippen LogP contribution in [-0.4, -0.2) is 24.7 Å². The van der Waals surface area contributed by atoms with E-state index in [2.05, 4.69) is 19.9 Å². The van der Waals surface area contributed by atoms with Crippen LogP contribution in [-0.2, 0) is 6.42 Å². The summed E-state index contributed by atoms with van der Waals surface area (Å²) in [5, 5.41) is 12.6. The summed E-state index contributed by atoms with van der Waals surface area (Å²) in [6.45, 7) is 4.80. The first-order valence-corrected chi connectivity index (χ1v) is 10.6. The van der Waals surface area contributed by atoms with Gasteiger partial charge < -0.3 is 19.4 Å². The number of pyridine rings is 1. The molecule has 0 unspecified atom stereocenters. The summed E-state index contributed by atoms with van der Waals surface area (Å²) in [6, 6.07) is 13.2. The van der Waals surface area contributed by atoms with Crippen molar-refractivity contribution in [2.45, 2.75) is 33.1 Å². The summed E-state index contributed by atoms with van der Waals surface area (Å²) < 4.78 is 11.4. The molecule has 0 fully saturated rings. The summed E-state index contributed by atoms with van der Waals surface area (Å²) in [7, 11) is 1.63. The molecule has 0 bridgehead atoms. The third-order valence-corrected chi connectivity index (χ3v) is 5.48. The highest BCUT2D eigenvalue weighted by Gasteiger charge is 2.22. The molecule has 2 aromatic carbocycles. The average Bonchev–Trinajstić information content (AvgIpc) is 2.76. The first-order chi connectivity index (χ1) is 15.0. The second kappa shape index (κ2) is 8.80. The molecule has 0 atom stereocenters. The molecular formula is C26H26NO4-. The second-order valence-electron chi connectivity index (χ2n) is 8.26. The molecule has 31 heavy (non-hydrogen) atoms. The van der Waals surface area contributed by atoms with Crippen molar-refractivity contribution in [3.63, 3.8) is 0 Å². The van der Waals surface area contributed by atoms with E-state index >= 15 is 0 Å². The van der Waals surface area contributed by atoms with Crippen molar-refractivity contribution in [1.29, 1.82) is 0 Å². The number of rotatable bonds is 6. The standard InChI is InChI=1S/C26H27NO4/c1-16(2)15-31-23-14-17(11-12-22(23)30-3)13-18-7-6-9-20-24(26(28)29)19-8-4-5-10-21(19)27-25(18)20/h4-5,8,10-14,16H,6-7,9,15H2,1-3H3,(H,28,29)/p-1/b18-13+. The normalized spacial score (nSPS) is 14.6. The Morgan fingerprint density at radius 1 is 1.16 bits per heavy atom. The molecule has 1 heterocycles. The van der Waals surface area contributed by atoms with Crippen molar-refractivity contribution in [2.24, 2.45) is 5.92 Å². The van der Waals surface area contributed by atoms with Gasteiger partial charge in [-0.1, -0.05) is 38.1 Å². The third-order valence-electron chi connectivity index (χ3n) is 5.48. The Hall–Kier alpha value is -3.34. The van der Waals surface area contributed by atoms with Crippen LogP contribution in [0.4, 0.5) is 0 Å². The van der Waals surface area contributed by atoms with E-state index in [1.165, 1.54) is 0 Å². The van der Waals surface area contributed by atoms with E-state index in [1.807, 2.05) is 36.4 Å².